The van der Waals surface area contributed by atoms with Crippen LogP contribution in [-0.2, 0) is 20.3 Å². The van der Waals surface area contributed by atoms with Crippen molar-refractivity contribution in [2.45, 2.75) is 26.1 Å². The Labute approximate surface area is 196 Å². The number of aromatic hydroxyl groups is 1. The molecule has 0 aliphatic carbocycles. The van der Waals surface area contributed by atoms with Gasteiger partial charge in [-0.25, -0.2) is 4.79 Å². The molecule has 3 N–H and O–H groups in total. The van der Waals surface area contributed by atoms with E-state index >= 15 is 0 Å². The minimum atomic E-state index is -3.24. The third-order valence-corrected chi connectivity index (χ3v) is 6.08. The van der Waals surface area contributed by atoms with Crippen molar-refractivity contribution in [1.82, 2.24) is 5.32 Å². The fourth-order valence-corrected chi connectivity index (χ4v) is 4.92. The molecule has 0 aliphatic heterocycles. The number of esters is 1. The summed E-state index contributed by atoms with van der Waals surface area (Å²) in [5, 5.41) is 12.5. The largest absolute Gasteiger partial charge is 0.507 e. The van der Waals surface area contributed by atoms with Crippen LogP contribution in [0.15, 0.2) is 39.3 Å². The molecule has 2 atom stereocenters. The SMILES string of the molecule is CCOC(=O)C(C)NC(=O)c1cc(Oc2c(Br)cc(CP(C)(=O)O)cc2Br)ccc1O. The van der Waals surface area contributed by atoms with Gasteiger partial charge < -0.3 is 24.8 Å². The van der Waals surface area contributed by atoms with E-state index in [-0.39, 0.29) is 29.8 Å². The molecule has 31 heavy (non-hydrogen) atoms. The number of hydrogen-bond acceptors (Lipinski definition) is 6. The zero-order valence-electron chi connectivity index (χ0n) is 17.0. The number of nitrogens with one attached hydrogen (secondary N) is 1. The zero-order valence-corrected chi connectivity index (χ0v) is 21.1. The van der Waals surface area contributed by atoms with Gasteiger partial charge in [-0.2, -0.15) is 0 Å². The van der Waals surface area contributed by atoms with Crippen LogP contribution < -0.4 is 10.1 Å². The summed E-state index contributed by atoms with van der Waals surface area (Å²) in [6, 6.07) is 6.55. The lowest BCUT2D eigenvalue weighted by Crippen LogP contribution is -2.39. The molecule has 0 radical (unpaired) electrons. The van der Waals surface area contributed by atoms with Crippen molar-refractivity contribution in [3.8, 4) is 17.2 Å². The molecule has 0 aromatic heterocycles. The van der Waals surface area contributed by atoms with Crippen LogP contribution in [0.25, 0.3) is 0 Å². The molecule has 2 aromatic carbocycles. The number of ether oxygens (including phenoxy) is 2. The highest BCUT2D eigenvalue weighted by Gasteiger charge is 2.21. The number of phenols is 1. The summed E-state index contributed by atoms with van der Waals surface area (Å²) in [5.41, 5.74) is 0.558. The van der Waals surface area contributed by atoms with Crippen molar-refractivity contribution in [3.63, 3.8) is 0 Å². The molecule has 168 valence electrons. The van der Waals surface area contributed by atoms with Gasteiger partial charge in [-0.05, 0) is 81.6 Å². The van der Waals surface area contributed by atoms with Crippen molar-refractivity contribution in [3.05, 3.63) is 50.4 Å². The van der Waals surface area contributed by atoms with E-state index in [0.717, 1.165) is 0 Å². The zero-order chi connectivity index (χ0) is 23.3. The van der Waals surface area contributed by atoms with E-state index < -0.39 is 25.3 Å². The molecular weight excluding hydrogens is 557 g/mol. The lowest BCUT2D eigenvalue weighted by atomic mass is 10.1. The Balaban J connectivity index is 2.25. The molecule has 0 spiro atoms. The van der Waals surface area contributed by atoms with Crippen LogP contribution in [0.1, 0.15) is 29.8 Å². The summed E-state index contributed by atoms with van der Waals surface area (Å²) in [5.74, 6) is -0.904. The lowest BCUT2D eigenvalue weighted by Gasteiger charge is -2.15. The smallest absolute Gasteiger partial charge is 0.328 e. The first-order chi connectivity index (χ1) is 14.4. The summed E-state index contributed by atoms with van der Waals surface area (Å²) in [4.78, 5) is 33.8. The van der Waals surface area contributed by atoms with Crippen molar-refractivity contribution < 1.29 is 33.6 Å². The van der Waals surface area contributed by atoms with Gasteiger partial charge in [-0.1, -0.05) is 0 Å². The predicted molar refractivity (Wildman–Crippen MR) is 123 cm³/mol. The summed E-state index contributed by atoms with van der Waals surface area (Å²) < 4.78 is 23.4. The Morgan fingerprint density at radius 3 is 2.35 bits per heavy atom. The molecule has 8 nitrogen and oxygen atoms in total. The first kappa shape index (κ1) is 25.4. The normalized spacial score (nSPS) is 13.7. The first-order valence-corrected chi connectivity index (χ1v) is 13.0. The third-order valence-electron chi connectivity index (χ3n) is 3.95. The maximum atomic E-state index is 12.5. The molecule has 2 unspecified atom stereocenters. The van der Waals surface area contributed by atoms with Crippen LogP contribution in [0, 0.1) is 0 Å². The summed E-state index contributed by atoms with van der Waals surface area (Å²) in [7, 11) is -3.24. The van der Waals surface area contributed by atoms with E-state index in [0.29, 0.717) is 20.3 Å². The highest BCUT2D eigenvalue weighted by molar-refractivity contribution is 9.11. The Kier molecular flexibility index (Phi) is 8.71. The van der Waals surface area contributed by atoms with Crippen LogP contribution in [0.4, 0.5) is 0 Å². The van der Waals surface area contributed by atoms with Crippen molar-refractivity contribution in [2.24, 2.45) is 0 Å². The third kappa shape index (κ3) is 7.35. The number of rotatable bonds is 8. The van der Waals surface area contributed by atoms with Gasteiger partial charge in [0.05, 0.1) is 21.1 Å². The van der Waals surface area contributed by atoms with Crippen molar-refractivity contribution in [2.75, 3.05) is 13.3 Å². The quantitative estimate of drug-likeness (QED) is 0.304. The molecule has 0 bridgehead atoms. The Bertz CT molecular complexity index is 1020. The molecule has 2 aromatic rings. The predicted octanol–water partition coefficient (Wildman–Crippen LogP) is 4.79. The monoisotopic (exact) mass is 577 g/mol. The molecule has 0 saturated heterocycles. The number of benzene rings is 2. The van der Waals surface area contributed by atoms with Crippen LogP contribution in [0.3, 0.4) is 0 Å². The molecule has 0 aliphatic rings. The maximum absolute atomic E-state index is 12.5. The Morgan fingerprint density at radius 2 is 1.81 bits per heavy atom. The van der Waals surface area contributed by atoms with Gasteiger partial charge in [0.2, 0.25) is 7.37 Å². The molecule has 1 amide bonds. The lowest BCUT2D eigenvalue weighted by molar-refractivity contribution is -0.144. The second-order valence-corrected chi connectivity index (χ2v) is 11.0. The number of carbonyl (C=O) groups excluding carboxylic acids is 2. The number of phenolic OH excluding ortho intramolecular Hbond substituents is 1. The van der Waals surface area contributed by atoms with E-state index in [4.69, 9.17) is 9.47 Å². The van der Waals surface area contributed by atoms with Crippen molar-refractivity contribution in [1.29, 1.82) is 0 Å². The molecule has 0 heterocycles. The Morgan fingerprint density at radius 1 is 1.19 bits per heavy atom. The van der Waals surface area contributed by atoms with E-state index in [1.165, 1.54) is 31.8 Å². The molecule has 0 saturated carbocycles. The molecule has 0 fully saturated rings. The fraction of sp³-hybridized carbons (Fsp3) is 0.300. The highest BCUT2D eigenvalue weighted by atomic mass is 79.9. The summed E-state index contributed by atoms with van der Waals surface area (Å²) in [6.07, 6.45) is 0.00661. The van der Waals surface area contributed by atoms with Gasteiger partial charge in [0, 0.05) is 12.8 Å². The van der Waals surface area contributed by atoms with Gasteiger partial charge in [0.15, 0.2) is 5.75 Å². The van der Waals surface area contributed by atoms with Crippen LogP contribution >= 0.6 is 39.2 Å². The van der Waals surface area contributed by atoms with E-state index in [2.05, 4.69) is 37.2 Å². The van der Waals surface area contributed by atoms with Gasteiger partial charge in [-0.3, -0.25) is 9.36 Å². The van der Waals surface area contributed by atoms with Gasteiger partial charge >= 0.3 is 5.97 Å². The maximum Gasteiger partial charge on any atom is 0.328 e. The second-order valence-electron chi connectivity index (χ2n) is 6.83. The number of carbonyl (C=O) groups is 2. The van der Waals surface area contributed by atoms with Crippen molar-refractivity contribution >= 4 is 51.1 Å². The van der Waals surface area contributed by atoms with Crippen LogP contribution in [0.2, 0.25) is 0 Å². The van der Waals surface area contributed by atoms with E-state index in [9.17, 15) is 24.2 Å². The van der Waals surface area contributed by atoms with Crippen LogP contribution in [0.5, 0.6) is 17.2 Å². The first-order valence-electron chi connectivity index (χ1n) is 9.16. The molecule has 2 rings (SSSR count). The second kappa shape index (κ2) is 10.6. The highest BCUT2D eigenvalue weighted by Crippen LogP contribution is 2.44. The van der Waals surface area contributed by atoms with Gasteiger partial charge in [-0.15, -0.1) is 0 Å². The molecule has 11 heteroatoms. The average molecular weight is 579 g/mol. The fourth-order valence-electron chi connectivity index (χ4n) is 2.62. The molecular formula is C20H22Br2NO7P. The number of amides is 1. The van der Waals surface area contributed by atoms with E-state index in [1.807, 2.05) is 0 Å². The van der Waals surface area contributed by atoms with E-state index in [1.54, 1.807) is 19.1 Å². The minimum absolute atomic E-state index is 0.00661. The summed E-state index contributed by atoms with van der Waals surface area (Å²) in [6.45, 7) is 4.60. The Hall–Kier alpha value is -1.87. The summed E-state index contributed by atoms with van der Waals surface area (Å²) >= 11 is 6.76. The number of hydrogen-bond donors (Lipinski definition) is 3. The van der Waals surface area contributed by atoms with Gasteiger partial charge in [0.25, 0.3) is 5.91 Å². The standard InChI is InChI=1S/C20H22Br2NO7P/c1-4-29-20(26)11(2)23-19(25)14-9-13(5-6-17(14)24)30-18-15(21)7-12(8-16(18)22)10-31(3,27)28/h5-9,11,24H,4,10H2,1-3H3,(H,23,25)(H,27,28). The average Bonchev–Trinajstić information content (AvgIpc) is 2.64. The minimum Gasteiger partial charge on any atom is -0.507 e. The topological polar surface area (TPSA) is 122 Å². The van der Waals surface area contributed by atoms with Crippen LogP contribution in [-0.4, -0.2) is 41.2 Å². The number of halogens is 2. The van der Waals surface area contributed by atoms with Gasteiger partial charge in [0.1, 0.15) is 17.5 Å².